The number of hydrogen-bond acceptors (Lipinski definition) is 8. The van der Waals surface area contributed by atoms with E-state index in [9.17, 15) is 14.4 Å². The van der Waals surface area contributed by atoms with Crippen molar-refractivity contribution in [3.8, 4) is 11.4 Å². The molecule has 0 spiro atoms. The van der Waals surface area contributed by atoms with Crippen LogP contribution in [0.5, 0.6) is 0 Å². The molecular weight excluding hydrogens is 450 g/mol. The van der Waals surface area contributed by atoms with E-state index in [1.165, 1.54) is 0 Å². The molecule has 0 radical (unpaired) electrons. The van der Waals surface area contributed by atoms with Gasteiger partial charge < -0.3 is 14.6 Å². The summed E-state index contributed by atoms with van der Waals surface area (Å²) in [5.41, 5.74) is 2.12. The summed E-state index contributed by atoms with van der Waals surface area (Å²) in [6.07, 6.45) is 2.25. The van der Waals surface area contributed by atoms with Crippen LogP contribution in [0.4, 0.5) is 5.69 Å². The molecule has 0 bridgehead atoms. The van der Waals surface area contributed by atoms with E-state index in [0.717, 1.165) is 23.4 Å². The monoisotopic (exact) mass is 475 g/mol. The molecule has 2 amide bonds. The van der Waals surface area contributed by atoms with Crippen LogP contribution in [-0.4, -0.2) is 51.8 Å². The van der Waals surface area contributed by atoms with Gasteiger partial charge in [-0.3, -0.25) is 9.59 Å². The average Bonchev–Trinajstić information content (AvgIpc) is 3.37. The van der Waals surface area contributed by atoms with Crippen molar-refractivity contribution in [1.82, 2.24) is 15.1 Å². The molecule has 0 aliphatic carbocycles. The Labute approximate surface area is 202 Å². The molecule has 35 heavy (non-hydrogen) atoms. The highest BCUT2D eigenvalue weighted by Gasteiger charge is 2.26. The summed E-state index contributed by atoms with van der Waals surface area (Å²) >= 11 is 0. The fraction of sp³-hybridized carbons (Fsp3) is 0.280. The summed E-state index contributed by atoms with van der Waals surface area (Å²) in [6.45, 7) is 2.11. The van der Waals surface area contributed by atoms with Gasteiger partial charge in [0, 0.05) is 24.1 Å². The number of nitrogens with one attached hydrogen (secondary N) is 1. The van der Waals surface area contributed by atoms with Gasteiger partial charge in [-0.25, -0.2) is 9.80 Å². The van der Waals surface area contributed by atoms with E-state index in [1.54, 1.807) is 24.3 Å². The van der Waals surface area contributed by atoms with Crippen LogP contribution in [0.25, 0.3) is 11.4 Å². The molecule has 180 valence electrons. The van der Waals surface area contributed by atoms with Gasteiger partial charge in [0.25, 0.3) is 5.89 Å². The molecule has 4 rings (SSSR count). The molecular formula is C25H25N5O5. The summed E-state index contributed by atoms with van der Waals surface area (Å²) in [5, 5.41) is 12.1. The normalized spacial score (nSPS) is 13.3. The van der Waals surface area contributed by atoms with Crippen LogP contribution >= 0.6 is 0 Å². The maximum Gasteiger partial charge on any atom is 0.338 e. The van der Waals surface area contributed by atoms with Gasteiger partial charge in [0.2, 0.25) is 17.6 Å². The summed E-state index contributed by atoms with van der Waals surface area (Å²) in [5.74, 6) is -0.493. The Morgan fingerprint density at radius 1 is 1.09 bits per heavy atom. The van der Waals surface area contributed by atoms with Crippen LogP contribution in [0.3, 0.4) is 0 Å². The number of anilines is 1. The van der Waals surface area contributed by atoms with E-state index >= 15 is 0 Å². The van der Waals surface area contributed by atoms with Gasteiger partial charge >= 0.3 is 5.97 Å². The van der Waals surface area contributed by atoms with Gasteiger partial charge in [-0.2, -0.15) is 10.1 Å². The number of unbranched alkanes of at least 4 members (excludes halogenated alkanes) is 1. The van der Waals surface area contributed by atoms with Crippen molar-refractivity contribution >= 4 is 29.2 Å². The van der Waals surface area contributed by atoms with E-state index in [4.69, 9.17) is 9.26 Å². The number of amides is 2. The van der Waals surface area contributed by atoms with Crippen molar-refractivity contribution in [2.45, 2.75) is 32.6 Å². The molecule has 1 aromatic heterocycles. The van der Waals surface area contributed by atoms with Crippen molar-refractivity contribution in [3.05, 3.63) is 66.1 Å². The zero-order valence-electron chi connectivity index (χ0n) is 19.3. The molecule has 10 heteroatoms. The van der Waals surface area contributed by atoms with Crippen LogP contribution in [0.15, 0.2) is 64.2 Å². The van der Waals surface area contributed by atoms with Crippen molar-refractivity contribution < 1.29 is 23.6 Å². The second-order valence-corrected chi connectivity index (χ2v) is 7.90. The predicted octanol–water partition coefficient (Wildman–Crippen LogP) is 3.66. The summed E-state index contributed by atoms with van der Waals surface area (Å²) in [6, 6.07) is 15.7. The Hall–Kier alpha value is -4.34. The fourth-order valence-electron chi connectivity index (χ4n) is 3.34. The number of nitrogens with zero attached hydrogens (tertiary/aromatic N) is 4. The number of carbonyl (C=O) groups is 3. The van der Waals surface area contributed by atoms with Gasteiger partial charge in [0.05, 0.1) is 12.2 Å². The lowest BCUT2D eigenvalue weighted by Gasteiger charge is -2.21. The highest BCUT2D eigenvalue weighted by molar-refractivity contribution is 6.02. The maximum absolute atomic E-state index is 12.5. The summed E-state index contributed by atoms with van der Waals surface area (Å²) < 4.78 is 10.5. The smallest absolute Gasteiger partial charge is 0.338 e. The van der Waals surface area contributed by atoms with Gasteiger partial charge in [0.1, 0.15) is 12.3 Å². The zero-order chi connectivity index (χ0) is 24.6. The maximum atomic E-state index is 12.5. The fourth-order valence-corrected chi connectivity index (χ4v) is 3.34. The van der Waals surface area contributed by atoms with Gasteiger partial charge in [-0.05, 0) is 30.7 Å². The Morgan fingerprint density at radius 3 is 2.60 bits per heavy atom. The second kappa shape index (κ2) is 11.2. The highest BCUT2D eigenvalue weighted by Crippen LogP contribution is 2.19. The van der Waals surface area contributed by atoms with E-state index in [2.05, 4.69) is 20.6 Å². The molecule has 3 aromatic rings. The van der Waals surface area contributed by atoms with Gasteiger partial charge in [-0.1, -0.05) is 48.8 Å². The second-order valence-electron chi connectivity index (χ2n) is 7.90. The molecule has 1 aliphatic rings. The molecule has 2 aromatic carbocycles. The lowest BCUT2D eigenvalue weighted by molar-refractivity contribution is -0.135. The van der Waals surface area contributed by atoms with Crippen molar-refractivity contribution in [1.29, 1.82) is 0 Å². The lowest BCUT2D eigenvalue weighted by Crippen LogP contribution is -2.38. The molecule has 10 nitrogen and oxygen atoms in total. The van der Waals surface area contributed by atoms with E-state index in [-0.39, 0.29) is 24.8 Å². The molecule has 0 atom stereocenters. The van der Waals surface area contributed by atoms with Crippen LogP contribution in [0, 0.1) is 0 Å². The summed E-state index contributed by atoms with van der Waals surface area (Å²) in [4.78, 5) is 41.2. The van der Waals surface area contributed by atoms with Crippen LogP contribution in [0.2, 0.25) is 0 Å². The Bertz CT molecular complexity index is 1220. The van der Waals surface area contributed by atoms with Crippen LogP contribution in [-0.2, 0) is 14.3 Å². The molecule has 1 N–H and O–H groups in total. The minimum Gasteiger partial charge on any atom is -0.462 e. The van der Waals surface area contributed by atoms with E-state index in [1.807, 2.05) is 37.3 Å². The van der Waals surface area contributed by atoms with Crippen molar-refractivity contribution in [3.63, 3.8) is 0 Å². The Balaban J connectivity index is 1.37. The first kappa shape index (κ1) is 23.8. The number of carbonyl (C=O) groups excluding carboxylic acids is 3. The lowest BCUT2D eigenvalue weighted by atomic mass is 10.1. The van der Waals surface area contributed by atoms with Gasteiger partial charge in [-0.15, -0.1) is 0 Å². The SMILES string of the molecule is CCCCOC(=O)c1ccc(NC(=O)CN2N=C(c3nc(-c4ccccc4)no3)CCC2=O)cc1. The first-order valence-electron chi connectivity index (χ1n) is 11.4. The Kier molecular flexibility index (Phi) is 7.61. The molecule has 0 unspecified atom stereocenters. The molecule has 0 saturated carbocycles. The van der Waals surface area contributed by atoms with Crippen molar-refractivity contribution in [2.24, 2.45) is 5.10 Å². The standard InChI is InChI=1S/C25H25N5O5/c1-2-3-15-34-25(33)18-9-11-19(12-10-18)26-21(31)16-30-22(32)14-13-20(28-30)24-27-23(29-35-24)17-7-5-4-6-8-17/h4-12H,2-3,13-16H2,1H3,(H,26,31). The predicted molar refractivity (Wildman–Crippen MR) is 127 cm³/mol. The highest BCUT2D eigenvalue weighted by atomic mass is 16.5. The van der Waals surface area contributed by atoms with E-state index < -0.39 is 11.9 Å². The third-order valence-electron chi connectivity index (χ3n) is 5.24. The third kappa shape index (κ3) is 6.17. The number of esters is 1. The van der Waals surface area contributed by atoms with E-state index in [0.29, 0.717) is 35.8 Å². The van der Waals surface area contributed by atoms with Crippen LogP contribution < -0.4 is 5.32 Å². The minimum atomic E-state index is -0.433. The number of aromatic nitrogens is 2. The number of rotatable bonds is 9. The summed E-state index contributed by atoms with van der Waals surface area (Å²) in [7, 11) is 0. The average molecular weight is 476 g/mol. The Morgan fingerprint density at radius 2 is 1.86 bits per heavy atom. The first-order chi connectivity index (χ1) is 17.0. The quantitative estimate of drug-likeness (QED) is 0.370. The zero-order valence-corrected chi connectivity index (χ0v) is 19.3. The van der Waals surface area contributed by atoms with Gasteiger partial charge in [0.15, 0.2) is 0 Å². The number of hydrazone groups is 1. The largest absolute Gasteiger partial charge is 0.462 e. The number of ether oxygens (including phenoxy) is 1. The third-order valence-corrected chi connectivity index (χ3v) is 5.24. The minimum absolute atomic E-state index is 0.171. The molecule has 2 heterocycles. The first-order valence-corrected chi connectivity index (χ1v) is 11.4. The number of benzene rings is 2. The molecule has 0 saturated heterocycles. The molecule has 0 fully saturated rings. The molecule has 1 aliphatic heterocycles. The topological polar surface area (TPSA) is 127 Å². The van der Waals surface area contributed by atoms with Crippen LogP contribution in [0.1, 0.15) is 48.9 Å². The van der Waals surface area contributed by atoms with Crippen molar-refractivity contribution in [2.75, 3.05) is 18.5 Å². The number of hydrogen-bond donors (Lipinski definition) is 1.